The molecule has 1 N–H and O–H groups in total. The predicted octanol–water partition coefficient (Wildman–Crippen LogP) is 5.44. The van der Waals surface area contributed by atoms with Crippen LogP contribution >= 0.6 is 11.8 Å². The summed E-state index contributed by atoms with van der Waals surface area (Å²) in [7, 11) is 0. The van der Waals surface area contributed by atoms with Crippen LogP contribution < -0.4 is 10.1 Å². The zero-order valence-electron chi connectivity index (χ0n) is 18.6. The second-order valence-electron chi connectivity index (χ2n) is 8.76. The lowest BCUT2D eigenvalue weighted by atomic mass is 10.1. The minimum absolute atomic E-state index is 0.0664. The van der Waals surface area contributed by atoms with E-state index in [4.69, 9.17) is 4.74 Å². The van der Waals surface area contributed by atoms with Crippen molar-refractivity contribution in [3.63, 3.8) is 0 Å². The van der Waals surface area contributed by atoms with E-state index < -0.39 is 0 Å². The second-order valence-corrected chi connectivity index (χ2v) is 9.98. The number of hydrogen-bond donors (Lipinski definition) is 1. The van der Waals surface area contributed by atoms with Gasteiger partial charge in [0.15, 0.2) is 0 Å². The summed E-state index contributed by atoms with van der Waals surface area (Å²) in [5, 5.41) is 3.14. The standard InChI is InChI=1S/C26H34N2O2S/c1-20-9-10-22(19-28-13-15-31-16-14-28)18-25(20)27-26(29)12-11-21-5-4-8-24(17-21)30-23-6-2-3-7-23/h4-5,8-10,17-18,23H,2-3,6-7,11-16,19H2,1H3,(H,27,29). The molecule has 0 aromatic heterocycles. The summed E-state index contributed by atoms with van der Waals surface area (Å²) < 4.78 is 6.10. The van der Waals surface area contributed by atoms with Crippen molar-refractivity contribution < 1.29 is 9.53 Å². The molecule has 0 radical (unpaired) electrons. The Morgan fingerprint density at radius 1 is 1.10 bits per heavy atom. The highest BCUT2D eigenvalue weighted by atomic mass is 32.2. The first kappa shape index (κ1) is 22.2. The van der Waals surface area contributed by atoms with E-state index in [-0.39, 0.29) is 5.91 Å². The Hall–Kier alpha value is -1.98. The Balaban J connectivity index is 1.29. The lowest BCUT2D eigenvalue weighted by molar-refractivity contribution is -0.116. The fourth-order valence-electron chi connectivity index (χ4n) is 4.36. The molecule has 1 aliphatic carbocycles. The summed E-state index contributed by atoms with van der Waals surface area (Å²) in [4.78, 5) is 15.1. The van der Waals surface area contributed by atoms with E-state index in [1.165, 1.54) is 29.9 Å². The van der Waals surface area contributed by atoms with Crippen molar-refractivity contribution in [3.8, 4) is 5.75 Å². The molecular weight excluding hydrogens is 404 g/mol. The summed E-state index contributed by atoms with van der Waals surface area (Å²) in [5.74, 6) is 3.42. The molecule has 0 unspecified atom stereocenters. The normalized spacial score (nSPS) is 17.6. The van der Waals surface area contributed by atoms with Crippen LogP contribution in [-0.2, 0) is 17.8 Å². The summed E-state index contributed by atoms with van der Waals surface area (Å²) in [6.45, 7) is 5.30. The number of rotatable bonds is 8. The molecule has 4 rings (SSSR count). The molecule has 1 saturated heterocycles. The van der Waals surface area contributed by atoms with Gasteiger partial charge in [-0.15, -0.1) is 0 Å². The number of benzene rings is 2. The highest BCUT2D eigenvalue weighted by Crippen LogP contribution is 2.25. The van der Waals surface area contributed by atoms with Gasteiger partial charge in [-0.05, 0) is 73.9 Å². The molecule has 2 aliphatic rings. The van der Waals surface area contributed by atoms with Crippen molar-refractivity contribution in [1.29, 1.82) is 0 Å². The first-order valence-corrected chi connectivity index (χ1v) is 12.8. The summed E-state index contributed by atoms with van der Waals surface area (Å²) in [6.07, 6.45) is 6.39. The molecule has 0 bridgehead atoms. The molecule has 31 heavy (non-hydrogen) atoms. The maximum Gasteiger partial charge on any atom is 0.224 e. The van der Waals surface area contributed by atoms with Crippen LogP contribution in [0.1, 0.15) is 48.8 Å². The van der Waals surface area contributed by atoms with Gasteiger partial charge >= 0.3 is 0 Å². The van der Waals surface area contributed by atoms with E-state index in [1.54, 1.807) is 0 Å². The first-order valence-electron chi connectivity index (χ1n) is 11.6. The zero-order chi connectivity index (χ0) is 21.5. The quantitative estimate of drug-likeness (QED) is 0.596. The molecular formula is C26H34N2O2S. The van der Waals surface area contributed by atoms with Gasteiger partial charge in [0.25, 0.3) is 0 Å². The van der Waals surface area contributed by atoms with E-state index >= 15 is 0 Å². The number of ether oxygens (including phenoxy) is 1. The first-order chi connectivity index (χ1) is 15.2. The third kappa shape index (κ3) is 6.75. The van der Waals surface area contributed by atoms with E-state index in [2.05, 4.69) is 47.5 Å². The number of amides is 1. The van der Waals surface area contributed by atoms with Gasteiger partial charge < -0.3 is 10.1 Å². The summed E-state index contributed by atoms with van der Waals surface area (Å²) in [6, 6.07) is 14.7. The highest BCUT2D eigenvalue weighted by molar-refractivity contribution is 7.99. The fourth-order valence-corrected chi connectivity index (χ4v) is 5.34. The molecule has 2 aromatic rings. The molecule has 0 atom stereocenters. The maximum absolute atomic E-state index is 12.6. The third-order valence-corrected chi connectivity index (χ3v) is 7.17. The van der Waals surface area contributed by atoms with Crippen LogP contribution in [0.4, 0.5) is 5.69 Å². The number of hydrogen-bond acceptors (Lipinski definition) is 4. The Morgan fingerprint density at radius 3 is 2.71 bits per heavy atom. The van der Waals surface area contributed by atoms with Gasteiger partial charge in [0.2, 0.25) is 5.91 Å². The number of anilines is 1. The molecule has 4 nitrogen and oxygen atoms in total. The number of nitrogens with one attached hydrogen (secondary N) is 1. The van der Waals surface area contributed by atoms with Crippen molar-refractivity contribution in [3.05, 3.63) is 59.2 Å². The number of nitrogens with zero attached hydrogens (tertiary/aromatic N) is 1. The lowest BCUT2D eigenvalue weighted by Crippen LogP contribution is -2.32. The van der Waals surface area contributed by atoms with Crippen LogP contribution in [0.15, 0.2) is 42.5 Å². The Morgan fingerprint density at radius 2 is 1.90 bits per heavy atom. The molecule has 1 heterocycles. The van der Waals surface area contributed by atoms with Gasteiger partial charge in [0.1, 0.15) is 5.75 Å². The minimum atomic E-state index is 0.0664. The van der Waals surface area contributed by atoms with E-state index in [0.29, 0.717) is 12.5 Å². The van der Waals surface area contributed by atoms with Gasteiger partial charge in [0.05, 0.1) is 6.10 Å². The predicted molar refractivity (Wildman–Crippen MR) is 130 cm³/mol. The van der Waals surface area contributed by atoms with Crippen molar-refractivity contribution in [1.82, 2.24) is 4.90 Å². The summed E-state index contributed by atoms with van der Waals surface area (Å²) >= 11 is 2.03. The molecule has 2 aromatic carbocycles. The van der Waals surface area contributed by atoms with Crippen molar-refractivity contribution in [2.75, 3.05) is 29.9 Å². The number of carbonyl (C=O) groups is 1. The van der Waals surface area contributed by atoms with Crippen LogP contribution in [0, 0.1) is 6.92 Å². The highest BCUT2D eigenvalue weighted by Gasteiger charge is 2.16. The average molecular weight is 439 g/mol. The van der Waals surface area contributed by atoms with Crippen LogP contribution in [0.2, 0.25) is 0 Å². The van der Waals surface area contributed by atoms with Gasteiger partial charge in [-0.1, -0.05) is 24.3 Å². The van der Waals surface area contributed by atoms with Gasteiger partial charge in [-0.2, -0.15) is 11.8 Å². The van der Waals surface area contributed by atoms with Gasteiger partial charge in [-0.25, -0.2) is 0 Å². The number of aryl methyl sites for hydroxylation is 2. The third-order valence-electron chi connectivity index (χ3n) is 6.23. The SMILES string of the molecule is Cc1ccc(CN2CCSCC2)cc1NC(=O)CCc1cccc(OC2CCCC2)c1. The van der Waals surface area contributed by atoms with Crippen LogP contribution in [0.25, 0.3) is 0 Å². The molecule has 0 spiro atoms. The van der Waals surface area contributed by atoms with Crippen molar-refractivity contribution in [2.24, 2.45) is 0 Å². The van der Waals surface area contributed by atoms with Crippen LogP contribution in [0.5, 0.6) is 5.75 Å². The lowest BCUT2D eigenvalue weighted by Gasteiger charge is -2.26. The topological polar surface area (TPSA) is 41.6 Å². The largest absolute Gasteiger partial charge is 0.490 e. The molecule has 1 amide bonds. The molecule has 5 heteroatoms. The average Bonchev–Trinajstić information content (AvgIpc) is 3.29. The molecule has 1 aliphatic heterocycles. The maximum atomic E-state index is 12.6. The Kier molecular flexibility index (Phi) is 7.92. The zero-order valence-corrected chi connectivity index (χ0v) is 19.4. The minimum Gasteiger partial charge on any atom is -0.490 e. The van der Waals surface area contributed by atoms with E-state index in [1.807, 2.05) is 23.9 Å². The molecule has 1 saturated carbocycles. The molecule has 166 valence electrons. The monoisotopic (exact) mass is 438 g/mol. The summed E-state index contributed by atoms with van der Waals surface area (Å²) in [5.41, 5.74) is 4.47. The Bertz CT molecular complexity index is 873. The van der Waals surface area contributed by atoms with Crippen molar-refractivity contribution in [2.45, 2.75) is 58.1 Å². The van der Waals surface area contributed by atoms with Crippen LogP contribution in [0.3, 0.4) is 0 Å². The Labute approximate surface area is 190 Å². The molecule has 2 fully saturated rings. The fraction of sp³-hybridized carbons (Fsp3) is 0.500. The van der Waals surface area contributed by atoms with Gasteiger partial charge in [-0.3, -0.25) is 9.69 Å². The smallest absolute Gasteiger partial charge is 0.224 e. The van der Waals surface area contributed by atoms with E-state index in [0.717, 1.165) is 61.5 Å². The second kappa shape index (κ2) is 11.1. The van der Waals surface area contributed by atoms with Crippen LogP contribution in [-0.4, -0.2) is 41.5 Å². The number of carbonyl (C=O) groups excluding carboxylic acids is 1. The number of thioether (sulfide) groups is 1. The van der Waals surface area contributed by atoms with E-state index in [9.17, 15) is 4.79 Å². The van der Waals surface area contributed by atoms with Crippen molar-refractivity contribution >= 4 is 23.4 Å². The van der Waals surface area contributed by atoms with Gasteiger partial charge in [0, 0.05) is 43.2 Å².